The van der Waals surface area contributed by atoms with Crippen molar-refractivity contribution in [3.8, 4) is 0 Å². The van der Waals surface area contributed by atoms with E-state index in [4.69, 9.17) is 0 Å². The van der Waals surface area contributed by atoms with Gasteiger partial charge in [0.05, 0.1) is 6.04 Å². The molecule has 1 aromatic rings. The second kappa shape index (κ2) is 3.59. The number of aromatic amines is 1. The summed E-state index contributed by atoms with van der Waals surface area (Å²) in [6, 6.07) is -0.359. The van der Waals surface area contributed by atoms with Crippen molar-refractivity contribution < 1.29 is 9.59 Å². The van der Waals surface area contributed by atoms with E-state index in [1.54, 1.807) is 33.2 Å². The van der Waals surface area contributed by atoms with Gasteiger partial charge in [0.1, 0.15) is 5.82 Å². The summed E-state index contributed by atoms with van der Waals surface area (Å²) in [5.41, 5.74) is 1.03. The predicted octanol–water partition coefficient (Wildman–Crippen LogP) is 1.18. The maximum absolute atomic E-state index is 11.9. The highest BCUT2D eigenvalue weighted by molar-refractivity contribution is 6.18. The number of imidazole rings is 1. The summed E-state index contributed by atoms with van der Waals surface area (Å²) in [5, 5.41) is 0. The number of imide groups is 1. The van der Waals surface area contributed by atoms with E-state index in [1.165, 1.54) is 4.90 Å². The maximum atomic E-state index is 11.9. The van der Waals surface area contributed by atoms with Crippen molar-refractivity contribution in [1.82, 2.24) is 14.9 Å². The lowest BCUT2D eigenvalue weighted by molar-refractivity contribution is -0.140. The lowest BCUT2D eigenvalue weighted by Crippen LogP contribution is -2.34. The van der Waals surface area contributed by atoms with Gasteiger partial charge in [0.25, 0.3) is 11.8 Å². The highest BCUT2D eigenvalue weighted by Crippen LogP contribution is 2.27. The lowest BCUT2D eigenvalue weighted by Gasteiger charge is -2.21. The zero-order chi connectivity index (χ0) is 11.9. The quantitative estimate of drug-likeness (QED) is 0.759. The van der Waals surface area contributed by atoms with Gasteiger partial charge in [-0.05, 0) is 20.8 Å². The first-order valence-corrected chi connectivity index (χ1v) is 5.08. The topological polar surface area (TPSA) is 66.1 Å². The van der Waals surface area contributed by atoms with E-state index < -0.39 is 0 Å². The Morgan fingerprint density at radius 1 is 1.25 bits per heavy atom. The van der Waals surface area contributed by atoms with Crippen LogP contribution >= 0.6 is 0 Å². The van der Waals surface area contributed by atoms with Crippen LogP contribution in [0.25, 0.3) is 0 Å². The Bertz CT molecular complexity index is 449. The van der Waals surface area contributed by atoms with E-state index in [9.17, 15) is 9.59 Å². The Morgan fingerprint density at radius 2 is 1.81 bits per heavy atom. The number of hydrogen-bond acceptors (Lipinski definition) is 3. The lowest BCUT2D eigenvalue weighted by atomic mass is 10.2. The van der Waals surface area contributed by atoms with Gasteiger partial charge < -0.3 is 4.98 Å². The fourth-order valence-corrected chi connectivity index (χ4v) is 1.75. The Balaban J connectivity index is 2.32. The number of nitrogens with one attached hydrogen (secondary N) is 1. The van der Waals surface area contributed by atoms with Crippen molar-refractivity contribution in [2.45, 2.75) is 26.8 Å². The largest absolute Gasteiger partial charge is 0.347 e. The number of rotatable bonds is 2. The molecule has 1 aliphatic rings. The normalized spacial score (nSPS) is 18.6. The second-order valence-corrected chi connectivity index (χ2v) is 3.88. The van der Waals surface area contributed by atoms with E-state index in [2.05, 4.69) is 9.97 Å². The van der Waals surface area contributed by atoms with E-state index in [1.807, 2.05) is 0 Å². The molecule has 2 rings (SSSR count). The molecule has 5 heteroatoms. The molecular weight excluding hydrogens is 206 g/mol. The summed E-state index contributed by atoms with van der Waals surface area (Å²) in [4.78, 5) is 31.9. The number of amides is 2. The molecule has 0 saturated carbocycles. The molecule has 1 aliphatic heterocycles. The van der Waals surface area contributed by atoms with Crippen LogP contribution in [0.15, 0.2) is 23.5 Å². The van der Waals surface area contributed by atoms with Crippen LogP contribution in [-0.4, -0.2) is 26.7 Å². The first-order valence-electron chi connectivity index (χ1n) is 5.08. The summed E-state index contributed by atoms with van der Waals surface area (Å²) >= 11 is 0. The van der Waals surface area contributed by atoms with Gasteiger partial charge in [-0.25, -0.2) is 4.98 Å². The molecule has 5 nitrogen and oxygen atoms in total. The molecule has 1 aromatic heterocycles. The average Bonchev–Trinajstić information content (AvgIpc) is 2.84. The van der Waals surface area contributed by atoms with Gasteiger partial charge in [-0.3, -0.25) is 14.5 Å². The Hall–Kier alpha value is -1.91. The third-order valence-electron chi connectivity index (χ3n) is 2.94. The zero-order valence-electron chi connectivity index (χ0n) is 9.44. The molecule has 0 aliphatic carbocycles. The molecule has 0 radical (unpaired) electrons. The second-order valence-electron chi connectivity index (χ2n) is 3.88. The maximum Gasteiger partial charge on any atom is 0.257 e. The summed E-state index contributed by atoms with van der Waals surface area (Å²) in [5.74, 6) is 0.155. The van der Waals surface area contributed by atoms with Crippen LogP contribution < -0.4 is 0 Å². The monoisotopic (exact) mass is 219 g/mol. The van der Waals surface area contributed by atoms with Crippen LogP contribution in [0.4, 0.5) is 0 Å². The number of carbonyl (C=O) groups is 2. The molecule has 0 saturated heterocycles. The third kappa shape index (κ3) is 1.36. The molecule has 0 bridgehead atoms. The molecule has 1 atom stereocenters. The van der Waals surface area contributed by atoms with Gasteiger partial charge in [-0.1, -0.05) is 0 Å². The molecule has 0 aromatic carbocycles. The van der Waals surface area contributed by atoms with Gasteiger partial charge in [0.15, 0.2) is 0 Å². The minimum atomic E-state index is -0.359. The number of carbonyl (C=O) groups excluding carboxylic acids is 2. The van der Waals surface area contributed by atoms with Crippen molar-refractivity contribution in [2.75, 3.05) is 0 Å². The molecule has 2 amide bonds. The standard InChI is InChI=1S/C11H13N3O2/c1-6-7(2)11(16)14(10(6)15)8(3)9-12-4-5-13-9/h4-5,8H,1-3H3,(H,12,13). The van der Waals surface area contributed by atoms with Crippen LogP contribution in [0.5, 0.6) is 0 Å². The van der Waals surface area contributed by atoms with E-state index >= 15 is 0 Å². The van der Waals surface area contributed by atoms with Gasteiger partial charge >= 0.3 is 0 Å². The molecule has 1 N–H and O–H groups in total. The predicted molar refractivity (Wildman–Crippen MR) is 57.2 cm³/mol. The number of nitrogens with zero attached hydrogens (tertiary/aromatic N) is 2. The minimum Gasteiger partial charge on any atom is -0.347 e. The van der Waals surface area contributed by atoms with Gasteiger partial charge in [0, 0.05) is 23.5 Å². The number of aromatic nitrogens is 2. The van der Waals surface area contributed by atoms with Crippen molar-refractivity contribution in [1.29, 1.82) is 0 Å². The number of hydrogen-bond donors (Lipinski definition) is 1. The minimum absolute atomic E-state index is 0.230. The summed E-state index contributed by atoms with van der Waals surface area (Å²) in [7, 11) is 0. The summed E-state index contributed by atoms with van der Waals surface area (Å²) in [6.45, 7) is 5.12. The van der Waals surface area contributed by atoms with Crippen LogP contribution in [0, 0.1) is 0 Å². The van der Waals surface area contributed by atoms with Gasteiger partial charge in [-0.2, -0.15) is 0 Å². The van der Waals surface area contributed by atoms with Crippen LogP contribution in [0.1, 0.15) is 32.6 Å². The molecule has 1 unspecified atom stereocenters. The molecule has 84 valence electrons. The van der Waals surface area contributed by atoms with Crippen LogP contribution in [0.2, 0.25) is 0 Å². The third-order valence-corrected chi connectivity index (χ3v) is 2.94. The molecular formula is C11H13N3O2. The molecule has 0 spiro atoms. The van der Waals surface area contributed by atoms with Crippen LogP contribution in [0.3, 0.4) is 0 Å². The van der Waals surface area contributed by atoms with E-state index in [0.29, 0.717) is 17.0 Å². The van der Waals surface area contributed by atoms with Crippen molar-refractivity contribution >= 4 is 11.8 Å². The van der Waals surface area contributed by atoms with E-state index in [0.717, 1.165) is 0 Å². The van der Waals surface area contributed by atoms with Crippen molar-refractivity contribution in [3.63, 3.8) is 0 Å². The Kier molecular flexibility index (Phi) is 2.38. The van der Waals surface area contributed by atoms with Gasteiger partial charge in [-0.15, -0.1) is 0 Å². The summed E-state index contributed by atoms with van der Waals surface area (Å²) in [6.07, 6.45) is 3.27. The fraction of sp³-hybridized carbons (Fsp3) is 0.364. The van der Waals surface area contributed by atoms with Crippen molar-refractivity contribution in [3.05, 3.63) is 29.4 Å². The highest BCUT2D eigenvalue weighted by atomic mass is 16.2. The first kappa shape index (κ1) is 10.6. The Labute approximate surface area is 93.2 Å². The number of H-pyrrole nitrogens is 1. The molecule has 2 heterocycles. The first-order chi connectivity index (χ1) is 7.54. The average molecular weight is 219 g/mol. The van der Waals surface area contributed by atoms with Gasteiger partial charge in [0.2, 0.25) is 0 Å². The highest BCUT2D eigenvalue weighted by Gasteiger charge is 2.37. The zero-order valence-corrected chi connectivity index (χ0v) is 9.44. The fourth-order valence-electron chi connectivity index (χ4n) is 1.75. The molecule has 0 fully saturated rings. The van der Waals surface area contributed by atoms with Crippen LogP contribution in [-0.2, 0) is 9.59 Å². The SMILES string of the molecule is CC1=C(C)C(=O)N(C(C)c2ncc[nH]2)C1=O. The van der Waals surface area contributed by atoms with Crippen molar-refractivity contribution in [2.24, 2.45) is 0 Å². The van der Waals surface area contributed by atoms with E-state index in [-0.39, 0.29) is 17.9 Å². The Morgan fingerprint density at radius 3 is 2.25 bits per heavy atom. The smallest absolute Gasteiger partial charge is 0.257 e. The summed E-state index contributed by atoms with van der Waals surface area (Å²) < 4.78 is 0. The molecule has 16 heavy (non-hydrogen) atoms.